The molecule has 0 bridgehead atoms. The molecule has 0 aliphatic carbocycles. The smallest absolute Gasteiger partial charge is 0.438 e. The van der Waals surface area contributed by atoms with E-state index in [2.05, 4.69) is 4.98 Å². The summed E-state index contributed by atoms with van der Waals surface area (Å²) in [5.74, 6) is -0.624. The number of fused-ring (bicyclic) bond motifs is 1. The van der Waals surface area contributed by atoms with Crippen molar-refractivity contribution in [2.45, 2.75) is 33.0 Å². The van der Waals surface area contributed by atoms with Crippen molar-refractivity contribution < 1.29 is 27.2 Å². The fourth-order valence-electron chi connectivity index (χ4n) is 4.09. The quantitative estimate of drug-likeness (QED) is 0.580. The summed E-state index contributed by atoms with van der Waals surface area (Å²) in [4.78, 5) is 45.1. The molecule has 11 heteroatoms. The van der Waals surface area contributed by atoms with Crippen LogP contribution < -0.4 is 5.56 Å². The molecule has 1 aliphatic rings. The van der Waals surface area contributed by atoms with Crippen LogP contribution in [0, 0.1) is 13.8 Å². The van der Waals surface area contributed by atoms with E-state index >= 15 is 0 Å². The zero-order chi connectivity index (χ0) is 24.8. The monoisotopic (exact) mass is 476 g/mol. The Bertz CT molecular complexity index is 1310. The minimum atomic E-state index is -4.97. The van der Waals surface area contributed by atoms with E-state index in [9.17, 15) is 27.6 Å². The first-order chi connectivity index (χ1) is 16.0. The average Bonchev–Trinajstić information content (AvgIpc) is 3.33. The number of hydrogen-bond acceptors (Lipinski definition) is 5. The van der Waals surface area contributed by atoms with Gasteiger partial charge in [0.25, 0.3) is 11.5 Å². The first kappa shape index (κ1) is 23.5. The van der Waals surface area contributed by atoms with E-state index in [1.807, 2.05) is 0 Å². The second kappa shape index (κ2) is 8.62. The zero-order valence-corrected chi connectivity index (χ0v) is 18.8. The van der Waals surface area contributed by atoms with Crippen LogP contribution in [0.15, 0.2) is 39.7 Å². The normalized spacial score (nSPS) is 15.6. The summed E-state index contributed by atoms with van der Waals surface area (Å²) < 4.78 is 46.7. The molecule has 3 heterocycles. The van der Waals surface area contributed by atoms with E-state index in [1.165, 1.54) is 29.1 Å². The van der Waals surface area contributed by atoms with E-state index in [0.29, 0.717) is 0 Å². The third-order valence-electron chi connectivity index (χ3n) is 6.13. The predicted molar refractivity (Wildman–Crippen MR) is 116 cm³/mol. The third-order valence-corrected chi connectivity index (χ3v) is 6.13. The Hall–Kier alpha value is -3.63. The van der Waals surface area contributed by atoms with Gasteiger partial charge in [-0.15, -0.1) is 0 Å². The molecule has 0 unspecified atom stereocenters. The first-order valence-corrected chi connectivity index (χ1v) is 10.7. The van der Waals surface area contributed by atoms with Gasteiger partial charge in [-0.2, -0.15) is 13.2 Å². The van der Waals surface area contributed by atoms with Crippen LogP contribution in [0.3, 0.4) is 0 Å². The van der Waals surface area contributed by atoms with Gasteiger partial charge < -0.3 is 14.2 Å². The van der Waals surface area contributed by atoms with Crippen molar-refractivity contribution in [2.24, 2.45) is 0 Å². The van der Waals surface area contributed by atoms with Crippen LogP contribution in [0.4, 0.5) is 13.2 Å². The molecule has 0 saturated carbocycles. The number of nitrogens with zero attached hydrogens (tertiary/aromatic N) is 4. The fourth-order valence-corrected chi connectivity index (χ4v) is 4.09. The Morgan fingerprint density at radius 1 is 1.06 bits per heavy atom. The molecule has 0 spiro atoms. The third kappa shape index (κ3) is 4.17. The molecular weight excluding hydrogens is 453 g/mol. The molecule has 0 N–H and O–H groups in total. The summed E-state index contributed by atoms with van der Waals surface area (Å²) in [5.41, 5.74) is -1.30. The summed E-state index contributed by atoms with van der Waals surface area (Å²) in [6.45, 7) is 5.72. The number of alkyl halides is 3. The van der Waals surface area contributed by atoms with Crippen molar-refractivity contribution in [3.8, 4) is 0 Å². The summed E-state index contributed by atoms with van der Waals surface area (Å²) in [6, 6.07) is 5.00. The number of halogens is 3. The van der Waals surface area contributed by atoms with Gasteiger partial charge in [-0.3, -0.25) is 19.0 Å². The number of furan rings is 1. The summed E-state index contributed by atoms with van der Waals surface area (Å²) >= 11 is 0. The molecule has 1 saturated heterocycles. The Balaban J connectivity index is 1.65. The van der Waals surface area contributed by atoms with Crippen LogP contribution in [0.5, 0.6) is 0 Å². The topological polar surface area (TPSA) is 88.7 Å². The number of rotatable bonds is 3. The van der Waals surface area contributed by atoms with Gasteiger partial charge in [-0.25, -0.2) is 4.98 Å². The largest absolute Gasteiger partial charge is 0.459 e. The lowest BCUT2D eigenvalue weighted by Gasteiger charge is -2.36. The maximum Gasteiger partial charge on any atom is 0.438 e. The van der Waals surface area contributed by atoms with E-state index < -0.39 is 29.4 Å². The number of carbonyl (C=O) groups is 2. The van der Waals surface area contributed by atoms with Crippen molar-refractivity contribution in [3.05, 3.63) is 63.5 Å². The van der Waals surface area contributed by atoms with Gasteiger partial charge in [0, 0.05) is 26.2 Å². The van der Waals surface area contributed by atoms with Gasteiger partial charge in [0.15, 0.2) is 5.76 Å². The van der Waals surface area contributed by atoms with E-state index in [4.69, 9.17) is 4.42 Å². The molecule has 8 nitrogen and oxygen atoms in total. The summed E-state index contributed by atoms with van der Waals surface area (Å²) in [7, 11) is 0. The maximum absolute atomic E-state index is 13.6. The second-order valence-corrected chi connectivity index (χ2v) is 8.33. The van der Waals surface area contributed by atoms with Crippen molar-refractivity contribution in [2.75, 3.05) is 26.2 Å². The Labute approximate surface area is 192 Å². The lowest BCUT2D eigenvalue weighted by atomic mass is 10.1. The minimum Gasteiger partial charge on any atom is -0.459 e. The molecule has 1 atom stereocenters. The van der Waals surface area contributed by atoms with E-state index in [1.54, 1.807) is 32.0 Å². The van der Waals surface area contributed by atoms with Gasteiger partial charge in [-0.05, 0) is 56.2 Å². The molecule has 2 amide bonds. The van der Waals surface area contributed by atoms with Crippen molar-refractivity contribution in [1.29, 1.82) is 0 Å². The molecule has 0 radical (unpaired) electrons. The molecule has 1 aliphatic heterocycles. The van der Waals surface area contributed by atoms with Gasteiger partial charge in [0.05, 0.1) is 17.3 Å². The van der Waals surface area contributed by atoms with Crippen molar-refractivity contribution in [3.63, 3.8) is 0 Å². The lowest BCUT2D eigenvalue weighted by molar-refractivity contribution is -0.143. The molecule has 1 fully saturated rings. The number of benzene rings is 1. The van der Waals surface area contributed by atoms with Crippen molar-refractivity contribution >= 4 is 22.8 Å². The molecule has 3 aromatic rings. The SMILES string of the molecule is Cc1cc2nc(C(F)(F)F)c(=O)n([C@@H](C)C(=O)N3CCN(C(=O)c4ccco4)CC3)c2cc1C. The highest BCUT2D eigenvalue weighted by Gasteiger charge is 2.39. The Kier molecular flexibility index (Phi) is 5.96. The second-order valence-electron chi connectivity index (χ2n) is 8.33. The van der Waals surface area contributed by atoms with Gasteiger partial charge in [-0.1, -0.05) is 0 Å². The first-order valence-electron chi connectivity index (χ1n) is 10.7. The number of piperazine rings is 1. The van der Waals surface area contributed by atoms with E-state index in [0.717, 1.165) is 15.7 Å². The number of amides is 2. The summed E-state index contributed by atoms with van der Waals surface area (Å²) in [5, 5.41) is 0. The lowest BCUT2D eigenvalue weighted by Crippen LogP contribution is -2.52. The predicted octanol–water partition coefficient (Wildman–Crippen LogP) is 3.17. The number of carbonyl (C=O) groups excluding carboxylic acids is 2. The van der Waals surface area contributed by atoms with Crippen LogP contribution in [0.1, 0.15) is 40.3 Å². The van der Waals surface area contributed by atoms with Gasteiger partial charge in [0.1, 0.15) is 6.04 Å². The van der Waals surface area contributed by atoms with Crippen molar-refractivity contribution in [1.82, 2.24) is 19.4 Å². The van der Waals surface area contributed by atoms with Gasteiger partial charge >= 0.3 is 6.18 Å². The van der Waals surface area contributed by atoms with Crippen LogP contribution >= 0.6 is 0 Å². The van der Waals surface area contributed by atoms with Crippen LogP contribution in [-0.2, 0) is 11.0 Å². The van der Waals surface area contributed by atoms with Crippen LogP contribution in [0.2, 0.25) is 0 Å². The number of aromatic nitrogens is 2. The highest BCUT2D eigenvalue weighted by Crippen LogP contribution is 2.29. The molecule has 2 aromatic heterocycles. The highest BCUT2D eigenvalue weighted by molar-refractivity contribution is 5.91. The molecule has 180 valence electrons. The van der Waals surface area contributed by atoms with E-state index in [-0.39, 0.29) is 48.9 Å². The molecule has 34 heavy (non-hydrogen) atoms. The van der Waals surface area contributed by atoms with Gasteiger partial charge in [0.2, 0.25) is 11.6 Å². The minimum absolute atomic E-state index is 0.0106. The average molecular weight is 476 g/mol. The zero-order valence-electron chi connectivity index (χ0n) is 18.8. The molecule has 1 aromatic carbocycles. The molecular formula is C23H23F3N4O4. The molecule has 4 rings (SSSR count). The fraction of sp³-hybridized carbons (Fsp3) is 0.391. The Morgan fingerprint density at radius 2 is 1.68 bits per heavy atom. The van der Waals surface area contributed by atoms with Crippen LogP contribution in [0.25, 0.3) is 11.0 Å². The number of hydrogen-bond donors (Lipinski definition) is 0. The van der Waals surface area contributed by atoms with Crippen LogP contribution in [-0.4, -0.2) is 57.3 Å². The highest BCUT2D eigenvalue weighted by atomic mass is 19.4. The summed E-state index contributed by atoms with van der Waals surface area (Å²) in [6.07, 6.45) is -3.57. The maximum atomic E-state index is 13.6. The standard InChI is InChI=1S/C23H23F3N4O4/c1-13-11-16-17(12-14(13)2)30(22(33)19(27-16)23(24,25)26)15(3)20(31)28-6-8-29(9-7-28)21(32)18-5-4-10-34-18/h4-5,10-12,15H,6-9H2,1-3H3/t15-/m0/s1. The Morgan fingerprint density at radius 3 is 2.26 bits per heavy atom. The number of aryl methyl sites for hydroxylation is 2.